The van der Waals surface area contributed by atoms with Crippen molar-refractivity contribution in [2.45, 2.75) is 33.1 Å². The van der Waals surface area contributed by atoms with Gasteiger partial charge in [0.25, 0.3) is 5.69 Å². The number of phenols is 1. The molecule has 23 heavy (non-hydrogen) atoms. The van der Waals surface area contributed by atoms with Crippen molar-refractivity contribution < 1.29 is 10.0 Å². The Morgan fingerprint density at radius 1 is 1.17 bits per heavy atom. The van der Waals surface area contributed by atoms with Crippen molar-refractivity contribution >= 4 is 17.6 Å². The maximum atomic E-state index is 10.6. The molecule has 0 aliphatic heterocycles. The lowest BCUT2D eigenvalue weighted by Gasteiger charge is -2.21. The predicted octanol–water partition coefficient (Wildman–Crippen LogP) is 4.66. The predicted molar refractivity (Wildman–Crippen MR) is 91.9 cm³/mol. The van der Waals surface area contributed by atoms with Gasteiger partial charge >= 0.3 is 0 Å². The number of rotatable bonds is 3. The number of non-ortho nitro benzene ring substituents is 1. The first kappa shape index (κ1) is 16.7. The molecule has 0 radical (unpaired) electrons. The molecule has 0 bridgehead atoms. The minimum Gasteiger partial charge on any atom is -0.505 e. The van der Waals surface area contributed by atoms with Crippen LogP contribution in [0.1, 0.15) is 37.5 Å². The summed E-state index contributed by atoms with van der Waals surface area (Å²) in [5.41, 5.74) is 2.93. The van der Waals surface area contributed by atoms with Gasteiger partial charge in [-0.1, -0.05) is 26.8 Å². The zero-order chi connectivity index (χ0) is 17.2. The fourth-order valence-electron chi connectivity index (χ4n) is 2.26. The molecular weight excluding hydrogens is 292 g/mol. The van der Waals surface area contributed by atoms with E-state index >= 15 is 0 Å². The Bertz CT molecular complexity index is 757. The second kappa shape index (κ2) is 6.20. The van der Waals surface area contributed by atoms with E-state index in [1.54, 1.807) is 18.3 Å². The highest BCUT2D eigenvalue weighted by Crippen LogP contribution is 2.38. The minimum absolute atomic E-state index is 0.0376. The zero-order valence-corrected chi connectivity index (χ0v) is 13.7. The van der Waals surface area contributed by atoms with Crippen LogP contribution in [0.25, 0.3) is 0 Å². The summed E-state index contributed by atoms with van der Waals surface area (Å²) in [6.45, 7) is 8.06. The Morgan fingerprint density at radius 3 is 2.30 bits per heavy atom. The molecule has 1 N–H and O–H groups in total. The minimum atomic E-state index is -0.442. The van der Waals surface area contributed by atoms with Gasteiger partial charge in [0.15, 0.2) is 0 Å². The number of benzene rings is 2. The third-order valence-corrected chi connectivity index (χ3v) is 3.50. The summed E-state index contributed by atoms with van der Waals surface area (Å²) >= 11 is 0. The van der Waals surface area contributed by atoms with Gasteiger partial charge in [0, 0.05) is 23.9 Å². The second-order valence-electron chi connectivity index (χ2n) is 6.54. The normalized spacial score (nSPS) is 11.8. The molecule has 0 atom stereocenters. The van der Waals surface area contributed by atoms with Crippen LogP contribution in [0.4, 0.5) is 11.4 Å². The fraction of sp³-hybridized carbons (Fsp3) is 0.278. The van der Waals surface area contributed by atoms with E-state index in [0.29, 0.717) is 5.69 Å². The summed E-state index contributed by atoms with van der Waals surface area (Å²) in [4.78, 5) is 14.5. The number of hydrogen-bond donors (Lipinski definition) is 1. The first-order valence-corrected chi connectivity index (χ1v) is 7.31. The van der Waals surface area contributed by atoms with Crippen LogP contribution in [0, 0.1) is 17.0 Å². The van der Waals surface area contributed by atoms with Crippen molar-refractivity contribution in [1.82, 2.24) is 0 Å². The van der Waals surface area contributed by atoms with E-state index in [2.05, 4.69) is 4.99 Å². The van der Waals surface area contributed by atoms with E-state index in [1.165, 1.54) is 12.1 Å². The molecule has 2 aromatic carbocycles. The number of phenolic OH excluding ortho intramolecular Hbond substituents is 1. The van der Waals surface area contributed by atoms with Gasteiger partial charge in [0.05, 0.1) is 4.92 Å². The smallest absolute Gasteiger partial charge is 0.269 e. The molecule has 0 saturated heterocycles. The lowest BCUT2D eigenvalue weighted by Crippen LogP contribution is -2.11. The van der Waals surface area contributed by atoms with Gasteiger partial charge in [-0.3, -0.25) is 15.1 Å². The number of nitro benzene ring substituents is 1. The zero-order valence-electron chi connectivity index (χ0n) is 13.7. The molecule has 0 spiro atoms. The standard InChI is InChI=1S/C18H20N2O3/c1-12-9-15(18(2,3)4)17(21)16(10-12)19-11-13-5-7-14(8-6-13)20(22)23/h5-11,21H,1-4H3/b19-11-. The number of aliphatic imine (C=N–C) groups is 1. The van der Waals surface area contributed by atoms with E-state index < -0.39 is 4.92 Å². The quantitative estimate of drug-likeness (QED) is 0.509. The molecule has 0 saturated carbocycles. The first-order valence-electron chi connectivity index (χ1n) is 7.31. The average molecular weight is 312 g/mol. The van der Waals surface area contributed by atoms with E-state index in [1.807, 2.05) is 39.8 Å². The van der Waals surface area contributed by atoms with E-state index in [0.717, 1.165) is 16.7 Å². The van der Waals surface area contributed by atoms with Crippen molar-refractivity contribution in [3.63, 3.8) is 0 Å². The molecule has 0 aliphatic carbocycles. The summed E-state index contributed by atoms with van der Waals surface area (Å²) in [7, 11) is 0. The van der Waals surface area contributed by atoms with Crippen LogP contribution in [0.5, 0.6) is 5.75 Å². The van der Waals surface area contributed by atoms with E-state index in [-0.39, 0.29) is 16.9 Å². The maximum Gasteiger partial charge on any atom is 0.269 e. The summed E-state index contributed by atoms with van der Waals surface area (Å²) < 4.78 is 0. The Kier molecular flexibility index (Phi) is 4.50. The van der Waals surface area contributed by atoms with Gasteiger partial charge < -0.3 is 5.11 Å². The molecule has 0 fully saturated rings. The third kappa shape index (κ3) is 3.94. The highest BCUT2D eigenvalue weighted by molar-refractivity contribution is 5.83. The molecule has 2 aromatic rings. The Balaban J connectivity index is 2.36. The van der Waals surface area contributed by atoms with Crippen LogP contribution >= 0.6 is 0 Å². The second-order valence-corrected chi connectivity index (χ2v) is 6.54. The molecule has 120 valence electrons. The molecule has 5 nitrogen and oxygen atoms in total. The maximum absolute atomic E-state index is 10.6. The van der Waals surface area contributed by atoms with Gasteiger partial charge in [-0.2, -0.15) is 0 Å². The number of hydrogen-bond acceptors (Lipinski definition) is 4. The van der Waals surface area contributed by atoms with Gasteiger partial charge in [-0.05, 0) is 41.7 Å². The van der Waals surface area contributed by atoms with Crippen LogP contribution in [-0.2, 0) is 5.41 Å². The topological polar surface area (TPSA) is 75.7 Å². The fourth-order valence-corrected chi connectivity index (χ4v) is 2.26. The summed E-state index contributed by atoms with van der Waals surface area (Å²) in [5.74, 6) is 0.168. The van der Waals surface area contributed by atoms with Crippen molar-refractivity contribution in [3.05, 3.63) is 63.2 Å². The number of aromatic hydroxyl groups is 1. The van der Waals surface area contributed by atoms with Crippen LogP contribution in [0.15, 0.2) is 41.4 Å². The monoisotopic (exact) mass is 312 g/mol. The number of nitrogens with zero attached hydrogens (tertiary/aromatic N) is 2. The van der Waals surface area contributed by atoms with Crippen LogP contribution < -0.4 is 0 Å². The van der Waals surface area contributed by atoms with Gasteiger partial charge in [0.2, 0.25) is 0 Å². The summed E-state index contributed by atoms with van der Waals surface area (Å²) in [6, 6.07) is 9.88. The molecule has 0 aromatic heterocycles. The van der Waals surface area contributed by atoms with Crippen LogP contribution in [0.3, 0.4) is 0 Å². The highest BCUT2D eigenvalue weighted by Gasteiger charge is 2.20. The van der Waals surface area contributed by atoms with Crippen LogP contribution in [0.2, 0.25) is 0 Å². The van der Waals surface area contributed by atoms with Crippen molar-refractivity contribution in [2.75, 3.05) is 0 Å². The number of aryl methyl sites for hydroxylation is 1. The number of nitro groups is 1. The lowest BCUT2D eigenvalue weighted by atomic mass is 9.85. The molecule has 5 heteroatoms. The Labute approximate surface area is 135 Å². The lowest BCUT2D eigenvalue weighted by molar-refractivity contribution is -0.384. The molecular formula is C18H20N2O3. The Morgan fingerprint density at radius 2 is 1.78 bits per heavy atom. The SMILES string of the molecule is Cc1cc(/N=C\c2ccc([N+](=O)[O-])cc2)c(O)c(C(C)(C)C)c1. The average Bonchev–Trinajstić information content (AvgIpc) is 2.47. The van der Waals surface area contributed by atoms with Gasteiger partial charge in [-0.15, -0.1) is 0 Å². The van der Waals surface area contributed by atoms with E-state index in [4.69, 9.17) is 0 Å². The van der Waals surface area contributed by atoms with Crippen LogP contribution in [-0.4, -0.2) is 16.2 Å². The third-order valence-electron chi connectivity index (χ3n) is 3.50. The molecule has 0 heterocycles. The van der Waals surface area contributed by atoms with Crippen molar-refractivity contribution in [3.8, 4) is 5.75 Å². The molecule has 0 unspecified atom stereocenters. The van der Waals surface area contributed by atoms with Gasteiger partial charge in [0.1, 0.15) is 11.4 Å². The van der Waals surface area contributed by atoms with Crippen molar-refractivity contribution in [2.24, 2.45) is 4.99 Å². The molecule has 2 rings (SSSR count). The van der Waals surface area contributed by atoms with Crippen molar-refractivity contribution in [1.29, 1.82) is 0 Å². The first-order chi connectivity index (χ1) is 10.7. The summed E-state index contributed by atoms with van der Waals surface area (Å²) in [5, 5.41) is 21.1. The summed E-state index contributed by atoms with van der Waals surface area (Å²) in [6.07, 6.45) is 1.59. The largest absolute Gasteiger partial charge is 0.505 e. The molecule has 0 aliphatic rings. The highest BCUT2D eigenvalue weighted by atomic mass is 16.6. The van der Waals surface area contributed by atoms with Gasteiger partial charge in [-0.25, -0.2) is 0 Å². The molecule has 0 amide bonds. The Hall–Kier alpha value is -2.69. The van der Waals surface area contributed by atoms with E-state index in [9.17, 15) is 15.2 Å².